The fourth-order valence-corrected chi connectivity index (χ4v) is 1.50. The van der Waals surface area contributed by atoms with Gasteiger partial charge in [-0.15, -0.1) is 0 Å². The van der Waals surface area contributed by atoms with Gasteiger partial charge >= 0.3 is 0 Å². The number of hydrogen-bond acceptors (Lipinski definition) is 2. The molecule has 1 amide bonds. The molecule has 0 aliphatic heterocycles. The van der Waals surface area contributed by atoms with Crippen molar-refractivity contribution in [1.29, 1.82) is 0 Å². The summed E-state index contributed by atoms with van der Waals surface area (Å²) in [6.45, 7) is 4.17. The van der Waals surface area contributed by atoms with Gasteiger partial charge in [0.25, 0.3) is 0 Å². The third-order valence-corrected chi connectivity index (χ3v) is 2.46. The molecule has 2 nitrogen and oxygen atoms in total. The van der Waals surface area contributed by atoms with Crippen molar-refractivity contribution in [3.63, 3.8) is 0 Å². The van der Waals surface area contributed by atoms with Crippen molar-refractivity contribution in [2.75, 3.05) is 18.6 Å². The topological polar surface area (TPSA) is 29.1 Å². The second-order valence-electron chi connectivity index (χ2n) is 2.90. The average Bonchev–Trinajstić information content (AvgIpc) is 2.16. The Morgan fingerprint density at radius 3 is 2.69 bits per heavy atom. The zero-order chi connectivity index (χ0) is 9.94. The van der Waals surface area contributed by atoms with Gasteiger partial charge in [0, 0.05) is 6.54 Å². The summed E-state index contributed by atoms with van der Waals surface area (Å²) in [7, 11) is 0. The van der Waals surface area contributed by atoms with Crippen molar-refractivity contribution < 1.29 is 4.79 Å². The minimum absolute atomic E-state index is 0.0656. The summed E-state index contributed by atoms with van der Waals surface area (Å²) < 4.78 is 0. The van der Waals surface area contributed by atoms with E-state index in [2.05, 4.69) is 18.2 Å². The Hall–Kier alpha value is -0.440. The molecule has 0 unspecified atom stereocenters. The lowest BCUT2D eigenvalue weighted by Crippen LogP contribution is -2.21. The van der Waals surface area contributed by atoms with E-state index in [9.17, 15) is 4.79 Å². The summed E-state index contributed by atoms with van der Waals surface area (Å²) in [5.41, 5.74) is 0. The van der Waals surface area contributed by atoms with Gasteiger partial charge < -0.3 is 5.32 Å². The number of hydrogen-bond donors (Lipinski definition) is 1. The molecule has 0 fully saturated rings. The van der Waals surface area contributed by atoms with Gasteiger partial charge in [0.15, 0.2) is 0 Å². The smallest absolute Gasteiger partial charge is 0.243 e. The van der Waals surface area contributed by atoms with Gasteiger partial charge in [-0.1, -0.05) is 19.4 Å². The van der Waals surface area contributed by atoms with Crippen LogP contribution in [0.4, 0.5) is 0 Å². The molecule has 0 spiro atoms. The van der Waals surface area contributed by atoms with Crippen LogP contribution >= 0.6 is 11.8 Å². The second-order valence-corrected chi connectivity index (χ2v) is 3.89. The van der Waals surface area contributed by atoms with Crippen LogP contribution in [-0.2, 0) is 4.79 Å². The first-order valence-corrected chi connectivity index (χ1v) is 6.10. The number of nitrogens with one attached hydrogen (secondary N) is 1. The fraction of sp³-hybridized carbons (Fsp3) is 0.700. The van der Waals surface area contributed by atoms with E-state index in [-0.39, 0.29) is 5.91 Å². The largest absolute Gasteiger partial charge is 0.353 e. The van der Waals surface area contributed by atoms with E-state index >= 15 is 0 Å². The number of unbranched alkanes of at least 4 members (excludes halogenated alkanes) is 3. The highest BCUT2D eigenvalue weighted by Crippen LogP contribution is 2.03. The van der Waals surface area contributed by atoms with Gasteiger partial charge in [-0.2, -0.15) is 11.8 Å². The van der Waals surface area contributed by atoms with Crippen LogP contribution in [0, 0.1) is 0 Å². The number of thioether (sulfide) groups is 1. The van der Waals surface area contributed by atoms with E-state index in [1.807, 2.05) is 11.8 Å². The highest BCUT2D eigenvalue weighted by molar-refractivity contribution is 7.98. The zero-order valence-corrected chi connectivity index (χ0v) is 9.16. The Morgan fingerprint density at radius 1 is 1.38 bits per heavy atom. The minimum Gasteiger partial charge on any atom is -0.353 e. The predicted octanol–water partition coefficient (Wildman–Crippen LogP) is 2.21. The van der Waals surface area contributed by atoms with Gasteiger partial charge in [-0.05, 0) is 30.9 Å². The first-order valence-electron chi connectivity index (χ1n) is 4.70. The SMILES string of the molecule is C=CC(=O)NCCCCCCSC. The molecule has 0 saturated carbocycles. The summed E-state index contributed by atoms with van der Waals surface area (Å²) in [6, 6.07) is 0. The monoisotopic (exact) mass is 201 g/mol. The Kier molecular flexibility index (Phi) is 9.32. The molecular weight excluding hydrogens is 182 g/mol. The maximum absolute atomic E-state index is 10.7. The Balaban J connectivity index is 2.99. The molecule has 0 saturated heterocycles. The van der Waals surface area contributed by atoms with E-state index in [1.54, 1.807) is 0 Å². The molecule has 0 bridgehead atoms. The molecule has 0 heterocycles. The zero-order valence-electron chi connectivity index (χ0n) is 8.34. The molecule has 0 rings (SSSR count). The molecule has 76 valence electrons. The summed E-state index contributed by atoms with van der Waals surface area (Å²) in [6.07, 6.45) is 8.28. The van der Waals surface area contributed by atoms with Crippen molar-refractivity contribution in [2.24, 2.45) is 0 Å². The number of amides is 1. The molecule has 0 aliphatic carbocycles. The standard InChI is InChI=1S/C10H19NOS/c1-3-10(12)11-8-6-4-5-7-9-13-2/h3H,1,4-9H2,2H3,(H,11,12). The number of carbonyl (C=O) groups is 1. The second kappa shape index (κ2) is 9.65. The van der Waals surface area contributed by atoms with Gasteiger partial charge in [-0.25, -0.2) is 0 Å². The van der Waals surface area contributed by atoms with Crippen molar-refractivity contribution >= 4 is 17.7 Å². The van der Waals surface area contributed by atoms with Crippen molar-refractivity contribution in [3.8, 4) is 0 Å². The minimum atomic E-state index is -0.0656. The van der Waals surface area contributed by atoms with Crippen LogP contribution in [0.5, 0.6) is 0 Å². The van der Waals surface area contributed by atoms with Crippen LogP contribution in [-0.4, -0.2) is 24.5 Å². The predicted molar refractivity (Wildman–Crippen MR) is 60.1 cm³/mol. The van der Waals surface area contributed by atoms with Crippen LogP contribution < -0.4 is 5.32 Å². The van der Waals surface area contributed by atoms with E-state index < -0.39 is 0 Å². The summed E-state index contributed by atoms with van der Waals surface area (Å²) in [5, 5.41) is 2.76. The third-order valence-electron chi connectivity index (χ3n) is 1.76. The van der Waals surface area contributed by atoms with E-state index in [1.165, 1.54) is 31.1 Å². The third kappa shape index (κ3) is 9.47. The van der Waals surface area contributed by atoms with Gasteiger partial charge in [0.1, 0.15) is 0 Å². The van der Waals surface area contributed by atoms with Crippen LogP contribution in [0.2, 0.25) is 0 Å². The number of rotatable bonds is 8. The molecule has 0 aromatic heterocycles. The molecule has 0 aliphatic rings. The average molecular weight is 201 g/mol. The molecule has 1 N–H and O–H groups in total. The van der Waals surface area contributed by atoms with E-state index in [0.29, 0.717) is 0 Å². The van der Waals surface area contributed by atoms with Gasteiger partial charge in [-0.3, -0.25) is 4.79 Å². The highest BCUT2D eigenvalue weighted by atomic mass is 32.2. The summed E-state index contributed by atoms with van der Waals surface area (Å²) in [5.74, 6) is 1.18. The lowest BCUT2D eigenvalue weighted by molar-refractivity contribution is -0.116. The van der Waals surface area contributed by atoms with Gasteiger partial charge in [0.05, 0.1) is 0 Å². The lowest BCUT2D eigenvalue weighted by Gasteiger charge is -2.01. The fourth-order valence-electron chi connectivity index (χ4n) is 1.01. The number of carbonyl (C=O) groups excluding carboxylic acids is 1. The lowest BCUT2D eigenvalue weighted by atomic mass is 10.2. The van der Waals surface area contributed by atoms with Crippen LogP contribution in [0.3, 0.4) is 0 Å². The van der Waals surface area contributed by atoms with Crippen LogP contribution in [0.25, 0.3) is 0 Å². The quantitative estimate of drug-likeness (QED) is 0.482. The molecule has 3 heteroatoms. The molecular formula is C10H19NOS. The molecule has 0 atom stereocenters. The molecule has 13 heavy (non-hydrogen) atoms. The molecule has 0 aromatic carbocycles. The normalized spacial score (nSPS) is 9.62. The van der Waals surface area contributed by atoms with Crippen molar-refractivity contribution in [1.82, 2.24) is 5.32 Å². The van der Waals surface area contributed by atoms with Gasteiger partial charge in [0.2, 0.25) is 5.91 Å². The summed E-state index contributed by atoms with van der Waals surface area (Å²) >= 11 is 1.89. The summed E-state index contributed by atoms with van der Waals surface area (Å²) in [4.78, 5) is 10.7. The van der Waals surface area contributed by atoms with Crippen molar-refractivity contribution in [2.45, 2.75) is 25.7 Å². The Labute approximate surface area is 85.2 Å². The van der Waals surface area contributed by atoms with E-state index in [4.69, 9.17) is 0 Å². The molecule has 0 aromatic rings. The van der Waals surface area contributed by atoms with Crippen LogP contribution in [0.15, 0.2) is 12.7 Å². The van der Waals surface area contributed by atoms with E-state index in [0.717, 1.165) is 13.0 Å². The first kappa shape index (κ1) is 12.6. The highest BCUT2D eigenvalue weighted by Gasteiger charge is 1.92. The maximum atomic E-state index is 10.7. The molecule has 0 radical (unpaired) electrons. The first-order chi connectivity index (χ1) is 6.31. The Bertz CT molecular complexity index is 148. The van der Waals surface area contributed by atoms with Crippen LogP contribution in [0.1, 0.15) is 25.7 Å². The van der Waals surface area contributed by atoms with Crippen molar-refractivity contribution in [3.05, 3.63) is 12.7 Å². The Morgan fingerprint density at radius 2 is 2.08 bits per heavy atom. The maximum Gasteiger partial charge on any atom is 0.243 e.